The van der Waals surface area contributed by atoms with Crippen molar-refractivity contribution in [1.82, 2.24) is 15.1 Å². The lowest BCUT2D eigenvalue weighted by molar-refractivity contribution is -0.114. The maximum Gasteiger partial charge on any atom is 0.251 e. The Morgan fingerprint density at radius 1 is 1.00 bits per heavy atom. The zero-order chi connectivity index (χ0) is 21.7. The molecule has 6 heteroatoms. The summed E-state index contributed by atoms with van der Waals surface area (Å²) in [6, 6.07) is 17.9. The van der Waals surface area contributed by atoms with E-state index in [4.69, 9.17) is 0 Å². The van der Waals surface area contributed by atoms with E-state index in [0.29, 0.717) is 17.8 Å². The molecule has 3 aromatic rings. The molecule has 1 aliphatic rings. The van der Waals surface area contributed by atoms with Gasteiger partial charge < -0.3 is 10.6 Å². The minimum absolute atomic E-state index is 0.0181. The molecular weight excluding hydrogens is 388 g/mol. The first-order chi connectivity index (χ1) is 15.1. The van der Waals surface area contributed by atoms with Crippen LogP contribution in [0.3, 0.4) is 0 Å². The van der Waals surface area contributed by atoms with E-state index in [1.54, 1.807) is 29.2 Å². The van der Waals surface area contributed by atoms with Crippen molar-refractivity contribution in [3.8, 4) is 5.69 Å². The monoisotopic (exact) mass is 416 g/mol. The summed E-state index contributed by atoms with van der Waals surface area (Å²) in [7, 11) is 0. The van der Waals surface area contributed by atoms with Gasteiger partial charge in [0.2, 0.25) is 5.91 Å². The number of hydrogen-bond acceptors (Lipinski definition) is 3. The van der Waals surface area contributed by atoms with Crippen molar-refractivity contribution in [3.63, 3.8) is 0 Å². The Morgan fingerprint density at radius 3 is 2.39 bits per heavy atom. The zero-order valence-corrected chi connectivity index (χ0v) is 17.8. The molecule has 2 aromatic carbocycles. The summed E-state index contributed by atoms with van der Waals surface area (Å²) in [5, 5.41) is 10.1. The number of rotatable bonds is 6. The molecule has 2 amide bonds. The Morgan fingerprint density at radius 2 is 1.71 bits per heavy atom. The van der Waals surface area contributed by atoms with Crippen molar-refractivity contribution in [2.45, 2.75) is 44.4 Å². The third kappa shape index (κ3) is 4.85. The first-order valence-corrected chi connectivity index (χ1v) is 10.8. The standard InChI is InChI=1S/C25H28N4O2/c1-19(30)28-22-16-27-29(17-22)23-12-10-20(11-13-23)24(31)26-18-25(14-6-3-7-15-25)21-8-4-2-5-9-21/h2,4-5,8-13,16-17H,3,6-7,14-15,18H2,1H3,(H,26,31)(H,28,30). The third-order valence-electron chi connectivity index (χ3n) is 6.08. The van der Waals surface area contributed by atoms with Gasteiger partial charge >= 0.3 is 0 Å². The molecule has 0 bridgehead atoms. The van der Waals surface area contributed by atoms with Gasteiger partial charge in [-0.25, -0.2) is 4.68 Å². The van der Waals surface area contributed by atoms with Crippen molar-refractivity contribution < 1.29 is 9.59 Å². The number of carbonyl (C=O) groups is 2. The van der Waals surface area contributed by atoms with Crippen molar-refractivity contribution in [1.29, 1.82) is 0 Å². The lowest BCUT2D eigenvalue weighted by Crippen LogP contribution is -2.42. The summed E-state index contributed by atoms with van der Waals surface area (Å²) < 4.78 is 1.67. The van der Waals surface area contributed by atoms with Crippen molar-refractivity contribution in [3.05, 3.63) is 78.1 Å². The largest absolute Gasteiger partial charge is 0.351 e. The van der Waals surface area contributed by atoms with Crippen LogP contribution >= 0.6 is 0 Å². The summed E-state index contributed by atoms with van der Waals surface area (Å²) in [6.45, 7) is 2.11. The van der Waals surface area contributed by atoms with Gasteiger partial charge in [-0.15, -0.1) is 0 Å². The normalized spacial score (nSPS) is 15.3. The van der Waals surface area contributed by atoms with Gasteiger partial charge in [0.25, 0.3) is 5.91 Å². The van der Waals surface area contributed by atoms with Crippen LogP contribution in [0.25, 0.3) is 5.69 Å². The molecule has 1 saturated carbocycles. The summed E-state index contributed by atoms with van der Waals surface area (Å²) in [6.07, 6.45) is 9.20. The molecule has 1 heterocycles. The predicted molar refractivity (Wildman–Crippen MR) is 121 cm³/mol. The number of carbonyl (C=O) groups excluding carboxylic acids is 2. The summed E-state index contributed by atoms with van der Waals surface area (Å²) in [4.78, 5) is 24.0. The molecule has 0 radical (unpaired) electrons. The Labute approximate surface area is 182 Å². The van der Waals surface area contributed by atoms with Crippen LogP contribution in [0.1, 0.15) is 54.9 Å². The van der Waals surface area contributed by atoms with E-state index < -0.39 is 0 Å². The Bertz CT molecular complexity index is 1030. The van der Waals surface area contributed by atoms with Crippen LogP contribution in [-0.4, -0.2) is 28.1 Å². The summed E-state index contributed by atoms with van der Waals surface area (Å²) in [5.41, 5.74) is 3.41. The number of nitrogens with one attached hydrogen (secondary N) is 2. The van der Waals surface area contributed by atoms with E-state index in [9.17, 15) is 9.59 Å². The Hall–Kier alpha value is -3.41. The number of anilines is 1. The molecule has 160 valence electrons. The number of hydrogen-bond donors (Lipinski definition) is 2. The van der Waals surface area contributed by atoms with Crippen LogP contribution in [0.4, 0.5) is 5.69 Å². The van der Waals surface area contributed by atoms with Gasteiger partial charge in [-0.1, -0.05) is 49.6 Å². The highest BCUT2D eigenvalue weighted by molar-refractivity contribution is 5.94. The molecule has 1 aromatic heterocycles. The fourth-order valence-electron chi connectivity index (χ4n) is 4.44. The average molecular weight is 417 g/mol. The number of benzene rings is 2. The minimum atomic E-state index is -0.141. The molecule has 1 aliphatic carbocycles. The predicted octanol–water partition coefficient (Wildman–Crippen LogP) is 4.46. The van der Waals surface area contributed by atoms with Crippen LogP contribution < -0.4 is 10.6 Å². The maximum absolute atomic E-state index is 12.9. The van der Waals surface area contributed by atoms with E-state index in [-0.39, 0.29) is 17.2 Å². The van der Waals surface area contributed by atoms with E-state index in [1.165, 1.54) is 31.7 Å². The molecule has 0 unspecified atom stereocenters. The van der Waals surface area contributed by atoms with Crippen LogP contribution in [0, 0.1) is 0 Å². The molecule has 0 atom stereocenters. The van der Waals surface area contributed by atoms with Crippen LogP contribution in [0.2, 0.25) is 0 Å². The molecule has 0 saturated heterocycles. The van der Waals surface area contributed by atoms with Gasteiger partial charge in [0.05, 0.1) is 23.8 Å². The van der Waals surface area contributed by atoms with Crippen LogP contribution in [-0.2, 0) is 10.2 Å². The Balaban J connectivity index is 1.43. The highest BCUT2D eigenvalue weighted by Gasteiger charge is 2.34. The van der Waals surface area contributed by atoms with E-state index >= 15 is 0 Å². The van der Waals surface area contributed by atoms with Gasteiger partial charge in [0, 0.05) is 24.4 Å². The topological polar surface area (TPSA) is 76.0 Å². The molecule has 0 spiro atoms. The SMILES string of the molecule is CC(=O)Nc1cnn(-c2ccc(C(=O)NCC3(c4ccccc4)CCCCC3)cc2)c1. The third-order valence-corrected chi connectivity index (χ3v) is 6.08. The molecular formula is C25H28N4O2. The second kappa shape index (κ2) is 9.16. The zero-order valence-electron chi connectivity index (χ0n) is 17.8. The average Bonchev–Trinajstić information content (AvgIpc) is 3.26. The highest BCUT2D eigenvalue weighted by Crippen LogP contribution is 2.39. The number of nitrogens with zero attached hydrogens (tertiary/aromatic N) is 2. The quantitative estimate of drug-likeness (QED) is 0.623. The molecule has 31 heavy (non-hydrogen) atoms. The van der Waals surface area contributed by atoms with Gasteiger partial charge in [-0.2, -0.15) is 5.10 Å². The van der Waals surface area contributed by atoms with Crippen LogP contribution in [0.15, 0.2) is 67.0 Å². The van der Waals surface area contributed by atoms with Gasteiger partial charge in [0.15, 0.2) is 0 Å². The second-order valence-electron chi connectivity index (χ2n) is 8.29. The lowest BCUT2D eigenvalue weighted by Gasteiger charge is -2.38. The number of aromatic nitrogens is 2. The van der Waals surface area contributed by atoms with E-state index in [0.717, 1.165) is 18.5 Å². The second-order valence-corrected chi connectivity index (χ2v) is 8.29. The molecule has 1 fully saturated rings. The fourth-order valence-corrected chi connectivity index (χ4v) is 4.44. The van der Waals surface area contributed by atoms with E-state index in [2.05, 4.69) is 40.0 Å². The first kappa shape index (κ1) is 20.8. The smallest absolute Gasteiger partial charge is 0.251 e. The van der Waals surface area contributed by atoms with Gasteiger partial charge in [-0.3, -0.25) is 9.59 Å². The molecule has 6 nitrogen and oxygen atoms in total. The molecule has 4 rings (SSSR count). The van der Waals surface area contributed by atoms with Crippen molar-refractivity contribution >= 4 is 17.5 Å². The van der Waals surface area contributed by atoms with Gasteiger partial charge in [0.1, 0.15) is 0 Å². The molecule has 2 N–H and O–H groups in total. The van der Waals surface area contributed by atoms with Gasteiger partial charge in [-0.05, 0) is 42.7 Å². The minimum Gasteiger partial charge on any atom is -0.351 e. The van der Waals surface area contributed by atoms with Crippen molar-refractivity contribution in [2.24, 2.45) is 0 Å². The lowest BCUT2D eigenvalue weighted by atomic mass is 9.69. The first-order valence-electron chi connectivity index (χ1n) is 10.8. The van der Waals surface area contributed by atoms with Crippen molar-refractivity contribution in [2.75, 3.05) is 11.9 Å². The van der Waals surface area contributed by atoms with E-state index in [1.807, 2.05) is 18.2 Å². The summed E-state index contributed by atoms with van der Waals surface area (Å²) in [5.74, 6) is -0.204. The maximum atomic E-state index is 12.9. The molecule has 0 aliphatic heterocycles. The summed E-state index contributed by atoms with van der Waals surface area (Å²) >= 11 is 0. The Kier molecular flexibility index (Phi) is 6.16. The van der Waals surface area contributed by atoms with Crippen LogP contribution in [0.5, 0.6) is 0 Å². The number of amides is 2. The highest BCUT2D eigenvalue weighted by atomic mass is 16.2. The fraction of sp³-hybridized carbons (Fsp3) is 0.320.